The third-order valence-electron chi connectivity index (χ3n) is 2.53. The van der Waals surface area contributed by atoms with E-state index in [2.05, 4.69) is 20.5 Å². The van der Waals surface area contributed by atoms with Crippen LogP contribution in [0.4, 0.5) is 5.95 Å². The average Bonchev–Trinajstić information content (AvgIpc) is 2.86. The minimum atomic E-state index is -0.406. The predicted molar refractivity (Wildman–Crippen MR) is 55.1 cm³/mol. The SMILES string of the molecule is COc1n[nH]c(NC(=O)C2OCCC2C)n1. The van der Waals surface area contributed by atoms with Crippen LogP contribution >= 0.6 is 0 Å². The van der Waals surface area contributed by atoms with E-state index >= 15 is 0 Å². The van der Waals surface area contributed by atoms with Gasteiger partial charge in [0.1, 0.15) is 6.10 Å². The molecule has 0 radical (unpaired) electrons. The number of carbonyl (C=O) groups is 1. The maximum atomic E-state index is 11.8. The second-order valence-corrected chi connectivity index (χ2v) is 3.72. The van der Waals surface area contributed by atoms with Gasteiger partial charge in [0.15, 0.2) is 0 Å². The minimum absolute atomic E-state index is 0.190. The molecule has 1 amide bonds. The van der Waals surface area contributed by atoms with Crippen molar-refractivity contribution >= 4 is 11.9 Å². The van der Waals surface area contributed by atoms with E-state index in [1.165, 1.54) is 7.11 Å². The Labute approximate surface area is 92.5 Å². The molecule has 1 aliphatic rings. The van der Waals surface area contributed by atoms with E-state index in [1.54, 1.807) is 0 Å². The zero-order valence-electron chi connectivity index (χ0n) is 9.19. The van der Waals surface area contributed by atoms with Crippen molar-refractivity contribution in [2.45, 2.75) is 19.4 Å². The number of ether oxygens (including phenoxy) is 2. The normalized spacial score (nSPS) is 24.4. The third kappa shape index (κ3) is 2.13. The summed E-state index contributed by atoms with van der Waals surface area (Å²) in [5, 5.41) is 8.87. The van der Waals surface area contributed by atoms with Gasteiger partial charge in [0, 0.05) is 6.61 Å². The van der Waals surface area contributed by atoms with Gasteiger partial charge in [0.25, 0.3) is 5.91 Å². The van der Waals surface area contributed by atoms with Gasteiger partial charge < -0.3 is 9.47 Å². The first-order chi connectivity index (χ1) is 7.70. The number of rotatable bonds is 3. The fourth-order valence-corrected chi connectivity index (χ4v) is 1.61. The molecule has 2 N–H and O–H groups in total. The molecule has 88 valence electrons. The molecule has 0 aliphatic carbocycles. The number of methoxy groups -OCH3 is 1. The fraction of sp³-hybridized carbons (Fsp3) is 0.667. The highest BCUT2D eigenvalue weighted by Gasteiger charge is 2.31. The zero-order chi connectivity index (χ0) is 11.5. The van der Waals surface area contributed by atoms with E-state index in [-0.39, 0.29) is 23.8 Å². The summed E-state index contributed by atoms with van der Waals surface area (Å²) in [5.74, 6) is 0.290. The molecule has 1 aromatic heterocycles. The third-order valence-corrected chi connectivity index (χ3v) is 2.53. The van der Waals surface area contributed by atoms with E-state index < -0.39 is 6.10 Å². The van der Waals surface area contributed by atoms with Crippen molar-refractivity contribution in [2.24, 2.45) is 5.92 Å². The summed E-state index contributed by atoms with van der Waals surface area (Å²) in [7, 11) is 1.46. The Kier molecular flexibility index (Phi) is 3.04. The number of amides is 1. The molecule has 1 fully saturated rings. The lowest BCUT2D eigenvalue weighted by atomic mass is 10.0. The van der Waals surface area contributed by atoms with Crippen LogP contribution in [0.3, 0.4) is 0 Å². The van der Waals surface area contributed by atoms with Gasteiger partial charge in [-0.25, -0.2) is 5.10 Å². The van der Waals surface area contributed by atoms with Crippen LogP contribution in [0, 0.1) is 5.92 Å². The van der Waals surface area contributed by atoms with E-state index in [0.29, 0.717) is 6.61 Å². The maximum Gasteiger partial charge on any atom is 0.336 e. The highest BCUT2D eigenvalue weighted by atomic mass is 16.5. The average molecular weight is 226 g/mol. The van der Waals surface area contributed by atoms with Gasteiger partial charge >= 0.3 is 6.01 Å². The molecule has 2 rings (SSSR count). The van der Waals surface area contributed by atoms with Crippen LogP contribution in [0.5, 0.6) is 6.01 Å². The van der Waals surface area contributed by atoms with Crippen LogP contribution in [0.25, 0.3) is 0 Å². The van der Waals surface area contributed by atoms with Crippen LogP contribution in [0.15, 0.2) is 0 Å². The summed E-state index contributed by atoms with van der Waals surface area (Å²) in [4.78, 5) is 15.6. The first-order valence-corrected chi connectivity index (χ1v) is 5.09. The Morgan fingerprint density at radius 3 is 3.06 bits per heavy atom. The van der Waals surface area contributed by atoms with Crippen molar-refractivity contribution in [1.29, 1.82) is 0 Å². The molecule has 2 unspecified atom stereocenters. The van der Waals surface area contributed by atoms with Crippen molar-refractivity contribution in [2.75, 3.05) is 19.0 Å². The Morgan fingerprint density at radius 1 is 1.69 bits per heavy atom. The van der Waals surface area contributed by atoms with E-state index in [4.69, 9.17) is 9.47 Å². The van der Waals surface area contributed by atoms with E-state index in [0.717, 1.165) is 6.42 Å². The summed E-state index contributed by atoms with van der Waals surface area (Å²) in [5.41, 5.74) is 0. The summed E-state index contributed by atoms with van der Waals surface area (Å²) in [6, 6.07) is 0.190. The largest absolute Gasteiger partial charge is 0.466 e. The summed E-state index contributed by atoms with van der Waals surface area (Å²) in [6.07, 6.45) is 0.494. The molecular weight excluding hydrogens is 212 g/mol. The standard InChI is InChI=1S/C9H14N4O3/c1-5-3-4-16-6(5)7(14)10-8-11-9(15-2)13-12-8/h5-6H,3-4H2,1-2H3,(H2,10,11,12,13,14). The number of carbonyl (C=O) groups excluding carboxylic acids is 1. The van der Waals surface area contributed by atoms with Crippen LogP contribution in [0.1, 0.15) is 13.3 Å². The molecule has 1 aliphatic heterocycles. The van der Waals surface area contributed by atoms with Crippen molar-refractivity contribution in [3.63, 3.8) is 0 Å². The Morgan fingerprint density at radius 2 is 2.50 bits per heavy atom. The van der Waals surface area contributed by atoms with Gasteiger partial charge in [0.2, 0.25) is 5.95 Å². The molecule has 1 aromatic rings. The van der Waals surface area contributed by atoms with Gasteiger partial charge in [-0.2, -0.15) is 4.98 Å². The maximum absolute atomic E-state index is 11.8. The first-order valence-electron chi connectivity index (χ1n) is 5.09. The van der Waals surface area contributed by atoms with Gasteiger partial charge in [-0.15, -0.1) is 5.10 Å². The Balaban J connectivity index is 1.96. The quantitative estimate of drug-likeness (QED) is 0.767. The Bertz CT molecular complexity index is 379. The lowest BCUT2D eigenvalue weighted by molar-refractivity contribution is -0.126. The monoisotopic (exact) mass is 226 g/mol. The highest BCUT2D eigenvalue weighted by Crippen LogP contribution is 2.21. The second kappa shape index (κ2) is 4.48. The predicted octanol–water partition coefficient (Wildman–Crippen LogP) is 0.177. The van der Waals surface area contributed by atoms with E-state index in [1.807, 2.05) is 6.92 Å². The van der Waals surface area contributed by atoms with Gasteiger partial charge in [-0.1, -0.05) is 6.92 Å². The van der Waals surface area contributed by atoms with Crippen LogP contribution < -0.4 is 10.1 Å². The van der Waals surface area contributed by atoms with Crippen LogP contribution in [-0.4, -0.2) is 40.9 Å². The lowest BCUT2D eigenvalue weighted by Crippen LogP contribution is -2.31. The lowest BCUT2D eigenvalue weighted by Gasteiger charge is -2.12. The molecule has 2 atom stereocenters. The number of anilines is 1. The summed E-state index contributed by atoms with van der Waals surface area (Å²) >= 11 is 0. The second-order valence-electron chi connectivity index (χ2n) is 3.72. The number of aromatic amines is 1. The van der Waals surface area contributed by atoms with Crippen molar-refractivity contribution in [1.82, 2.24) is 15.2 Å². The fourth-order valence-electron chi connectivity index (χ4n) is 1.61. The van der Waals surface area contributed by atoms with Crippen molar-refractivity contribution in [3.8, 4) is 6.01 Å². The molecule has 0 spiro atoms. The van der Waals surface area contributed by atoms with Gasteiger partial charge in [-0.3, -0.25) is 10.1 Å². The van der Waals surface area contributed by atoms with Gasteiger partial charge in [-0.05, 0) is 12.3 Å². The number of aromatic nitrogens is 3. The smallest absolute Gasteiger partial charge is 0.336 e. The molecule has 0 aromatic carbocycles. The first kappa shape index (κ1) is 10.9. The summed E-state index contributed by atoms with van der Waals surface area (Å²) < 4.78 is 10.1. The topological polar surface area (TPSA) is 89.1 Å². The van der Waals surface area contributed by atoms with Crippen molar-refractivity contribution in [3.05, 3.63) is 0 Å². The number of nitrogens with zero attached hydrogens (tertiary/aromatic N) is 2. The van der Waals surface area contributed by atoms with Gasteiger partial charge in [0.05, 0.1) is 7.11 Å². The van der Waals surface area contributed by atoms with Crippen molar-refractivity contribution < 1.29 is 14.3 Å². The van der Waals surface area contributed by atoms with E-state index in [9.17, 15) is 4.79 Å². The molecule has 1 saturated heterocycles. The molecule has 2 heterocycles. The molecule has 7 nitrogen and oxygen atoms in total. The number of H-pyrrole nitrogens is 1. The number of hydrogen-bond donors (Lipinski definition) is 2. The molecule has 16 heavy (non-hydrogen) atoms. The number of hydrogen-bond acceptors (Lipinski definition) is 5. The number of nitrogens with one attached hydrogen (secondary N) is 2. The summed E-state index contributed by atoms with van der Waals surface area (Å²) in [6.45, 7) is 2.61. The molecule has 7 heteroatoms. The molecule has 0 bridgehead atoms. The van der Waals surface area contributed by atoms with Crippen LogP contribution in [0.2, 0.25) is 0 Å². The van der Waals surface area contributed by atoms with Crippen LogP contribution in [-0.2, 0) is 9.53 Å². The Hall–Kier alpha value is -1.63. The molecular formula is C9H14N4O3. The minimum Gasteiger partial charge on any atom is -0.466 e. The highest BCUT2D eigenvalue weighted by molar-refractivity contribution is 5.93. The molecule has 0 saturated carbocycles. The zero-order valence-corrected chi connectivity index (χ0v) is 9.19.